The molecule has 1 saturated heterocycles. The highest BCUT2D eigenvalue weighted by Crippen LogP contribution is 2.33. The Bertz CT molecular complexity index is 176. The second-order valence-electron chi connectivity index (χ2n) is 3.38. The Hall–Kier alpha value is -0.610. The molecule has 0 aromatic heterocycles. The van der Waals surface area contributed by atoms with E-state index in [-0.39, 0.29) is 11.3 Å². The maximum absolute atomic E-state index is 11.7. The van der Waals surface area contributed by atoms with Gasteiger partial charge in [0.25, 0.3) is 0 Å². The van der Waals surface area contributed by atoms with E-state index in [2.05, 4.69) is 10.3 Å². The van der Waals surface area contributed by atoms with Crippen LogP contribution < -0.4 is 5.48 Å². The number of rotatable bonds is 3. The summed E-state index contributed by atoms with van der Waals surface area (Å²) in [7, 11) is 1.46. The molecule has 0 saturated carbocycles. The molecule has 1 rings (SSSR count). The third kappa shape index (κ3) is 2.19. The standard InChI is InChI=1S/C9H17NO3/c1-3-9(8(11)10-12-2)4-6-13-7-5-9/h3-7H2,1-2H3,(H,10,11). The predicted molar refractivity (Wildman–Crippen MR) is 47.9 cm³/mol. The second-order valence-corrected chi connectivity index (χ2v) is 3.38. The molecule has 76 valence electrons. The highest BCUT2D eigenvalue weighted by Gasteiger charge is 2.38. The monoisotopic (exact) mass is 187 g/mol. The summed E-state index contributed by atoms with van der Waals surface area (Å²) in [4.78, 5) is 16.3. The van der Waals surface area contributed by atoms with Crippen LogP contribution in [0.4, 0.5) is 0 Å². The summed E-state index contributed by atoms with van der Waals surface area (Å²) in [5.41, 5.74) is 2.14. The van der Waals surface area contributed by atoms with Gasteiger partial charge in [0.1, 0.15) is 0 Å². The fourth-order valence-electron chi connectivity index (χ4n) is 1.70. The molecule has 1 amide bonds. The first-order valence-electron chi connectivity index (χ1n) is 4.66. The van der Waals surface area contributed by atoms with E-state index in [1.165, 1.54) is 7.11 Å². The van der Waals surface area contributed by atoms with E-state index in [1.807, 2.05) is 6.92 Å². The Kier molecular flexibility index (Phi) is 3.69. The summed E-state index contributed by atoms with van der Waals surface area (Å²) in [5, 5.41) is 0. The van der Waals surface area contributed by atoms with Gasteiger partial charge in [-0.15, -0.1) is 0 Å². The Morgan fingerprint density at radius 2 is 2.15 bits per heavy atom. The molecule has 0 bridgehead atoms. The van der Waals surface area contributed by atoms with Gasteiger partial charge in [0.2, 0.25) is 5.91 Å². The maximum Gasteiger partial charge on any atom is 0.249 e. The molecule has 0 aliphatic carbocycles. The minimum Gasteiger partial charge on any atom is -0.381 e. The van der Waals surface area contributed by atoms with Crippen LogP contribution in [0.25, 0.3) is 0 Å². The number of ether oxygens (including phenoxy) is 1. The first-order valence-corrected chi connectivity index (χ1v) is 4.66. The maximum atomic E-state index is 11.7. The molecular formula is C9H17NO3. The van der Waals surface area contributed by atoms with E-state index in [4.69, 9.17) is 4.74 Å². The fraction of sp³-hybridized carbons (Fsp3) is 0.889. The van der Waals surface area contributed by atoms with Crippen molar-refractivity contribution >= 4 is 5.91 Å². The summed E-state index contributed by atoms with van der Waals surface area (Å²) >= 11 is 0. The van der Waals surface area contributed by atoms with Crippen LogP contribution in [0.1, 0.15) is 26.2 Å². The van der Waals surface area contributed by atoms with Crippen molar-refractivity contribution in [1.82, 2.24) is 5.48 Å². The van der Waals surface area contributed by atoms with E-state index in [0.717, 1.165) is 19.3 Å². The molecule has 0 aromatic rings. The molecule has 0 spiro atoms. The molecule has 0 aromatic carbocycles. The average Bonchev–Trinajstić information content (AvgIpc) is 2.19. The largest absolute Gasteiger partial charge is 0.381 e. The zero-order valence-corrected chi connectivity index (χ0v) is 8.26. The highest BCUT2D eigenvalue weighted by molar-refractivity contribution is 5.81. The molecule has 13 heavy (non-hydrogen) atoms. The van der Waals surface area contributed by atoms with Gasteiger partial charge in [-0.3, -0.25) is 9.63 Å². The van der Waals surface area contributed by atoms with Gasteiger partial charge in [-0.1, -0.05) is 6.92 Å². The lowest BCUT2D eigenvalue weighted by molar-refractivity contribution is -0.148. The molecule has 1 N–H and O–H groups in total. The van der Waals surface area contributed by atoms with Gasteiger partial charge in [-0.25, -0.2) is 5.48 Å². The van der Waals surface area contributed by atoms with Crippen molar-refractivity contribution < 1.29 is 14.4 Å². The number of carbonyl (C=O) groups is 1. The first kappa shape index (κ1) is 10.5. The van der Waals surface area contributed by atoms with E-state index >= 15 is 0 Å². The molecule has 1 aliphatic heterocycles. The molecular weight excluding hydrogens is 170 g/mol. The Balaban J connectivity index is 2.61. The summed E-state index contributed by atoms with van der Waals surface area (Å²) in [6.07, 6.45) is 2.42. The lowest BCUT2D eigenvalue weighted by Gasteiger charge is -2.34. The number of hydrogen-bond donors (Lipinski definition) is 1. The summed E-state index contributed by atoms with van der Waals surface area (Å²) in [6, 6.07) is 0. The van der Waals surface area contributed by atoms with Crippen molar-refractivity contribution in [1.29, 1.82) is 0 Å². The van der Waals surface area contributed by atoms with Crippen molar-refractivity contribution in [2.45, 2.75) is 26.2 Å². The van der Waals surface area contributed by atoms with Gasteiger partial charge in [-0.05, 0) is 19.3 Å². The van der Waals surface area contributed by atoms with Crippen molar-refractivity contribution in [2.24, 2.45) is 5.41 Å². The molecule has 0 unspecified atom stereocenters. The van der Waals surface area contributed by atoms with Crippen molar-refractivity contribution in [2.75, 3.05) is 20.3 Å². The minimum absolute atomic E-state index is 0.0131. The Labute approximate surface area is 78.5 Å². The smallest absolute Gasteiger partial charge is 0.249 e. The molecule has 0 atom stereocenters. The Morgan fingerprint density at radius 3 is 2.62 bits per heavy atom. The lowest BCUT2D eigenvalue weighted by Crippen LogP contribution is -2.43. The van der Waals surface area contributed by atoms with Crippen LogP contribution in [-0.4, -0.2) is 26.2 Å². The van der Waals surface area contributed by atoms with Gasteiger partial charge < -0.3 is 4.74 Å². The normalized spacial score (nSPS) is 21.1. The highest BCUT2D eigenvalue weighted by atomic mass is 16.6. The van der Waals surface area contributed by atoms with Crippen LogP contribution in [0.5, 0.6) is 0 Å². The number of carbonyl (C=O) groups excluding carboxylic acids is 1. The topological polar surface area (TPSA) is 47.6 Å². The van der Waals surface area contributed by atoms with Crippen molar-refractivity contribution in [3.63, 3.8) is 0 Å². The van der Waals surface area contributed by atoms with Gasteiger partial charge >= 0.3 is 0 Å². The zero-order chi connectivity index (χ0) is 9.73. The SMILES string of the molecule is CCC1(C(=O)NOC)CCOCC1. The molecule has 1 aliphatic rings. The van der Waals surface area contributed by atoms with Gasteiger partial charge in [0.15, 0.2) is 0 Å². The first-order chi connectivity index (χ1) is 6.25. The molecule has 4 heteroatoms. The molecule has 0 radical (unpaired) electrons. The molecule has 1 heterocycles. The van der Waals surface area contributed by atoms with Crippen molar-refractivity contribution in [3.8, 4) is 0 Å². The number of amides is 1. The van der Waals surface area contributed by atoms with E-state index in [9.17, 15) is 4.79 Å². The van der Waals surface area contributed by atoms with Crippen LogP contribution in [0.2, 0.25) is 0 Å². The van der Waals surface area contributed by atoms with Gasteiger partial charge in [-0.2, -0.15) is 0 Å². The second kappa shape index (κ2) is 4.58. The fourth-order valence-corrected chi connectivity index (χ4v) is 1.70. The number of hydrogen-bond acceptors (Lipinski definition) is 3. The summed E-state index contributed by atoms with van der Waals surface area (Å²) in [5.74, 6) is -0.0131. The van der Waals surface area contributed by atoms with Crippen LogP contribution >= 0.6 is 0 Å². The van der Waals surface area contributed by atoms with Gasteiger partial charge in [0, 0.05) is 13.2 Å². The van der Waals surface area contributed by atoms with Crippen LogP contribution in [0.15, 0.2) is 0 Å². The van der Waals surface area contributed by atoms with Crippen molar-refractivity contribution in [3.05, 3.63) is 0 Å². The van der Waals surface area contributed by atoms with Crippen LogP contribution in [0, 0.1) is 5.41 Å². The summed E-state index contributed by atoms with van der Waals surface area (Å²) in [6.45, 7) is 3.37. The predicted octanol–water partition coefficient (Wildman–Crippen LogP) is 0.871. The average molecular weight is 187 g/mol. The van der Waals surface area contributed by atoms with Crippen LogP contribution in [-0.2, 0) is 14.4 Å². The van der Waals surface area contributed by atoms with Crippen LogP contribution in [0.3, 0.4) is 0 Å². The Morgan fingerprint density at radius 1 is 1.54 bits per heavy atom. The minimum atomic E-state index is -0.270. The summed E-state index contributed by atoms with van der Waals surface area (Å²) < 4.78 is 5.23. The van der Waals surface area contributed by atoms with E-state index < -0.39 is 0 Å². The lowest BCUT2D eigenvalue weighted by atomic mass is 9.77. The molecule has 4 nitrogen and oxygen atoms in total. The quantitative estimate of drug-likeness (QED) is 0.667. The van der Waals surface area contributed by atoms with Gasteiger partial charge in [0.05, 0.1) is 12.5 Å². The third-order valence-corrected chi connectivity index (χ3v) is 2.80. The van der Waals surface area contributed by atoms with E-state index in [0.29, 0.717) is 13.2 Å². The third-order valence-electron chi connectivity index (χ3n) is 2.80. The zero-order valence-electron chi connectivity index (χ0n) is 8.26. The van der Waals surface area contributed by atoms with E-state index in [1.54, 1.807) is 0 Å². The number of nitrogens with one attached hydrogen (secondary N) is 1. The molecule has 1 fully saturated rings. The number of hydroxylamine groups is 1.